The minimum absolute atomic E-state index is 0.102. The Bertz CT molecular complexity index is 1110. The minimum Gasteiger partial charge on any atom is -0.497 e. The zero-order valence-electron chi connectivity index (χ0n) is 17.4. The minimum atomic E-state index is -0.845. The Balaban J connectivity index is 1.49. The maximum atomic E-state index is 13.9. The van der Waals surface area contributed by atoms with Gasteiger partial charge < -0.3 is 24.8 Å². The molecule has 6 nitrogen and oxygen atoms in total. The average molecular weight is 440 g/mol. The van der Waals surface area contributed by atoms with Crippen LogP contribution in [-0.4, -0.2) is 26.0 Å². The number of amides is 2. The van der Waals surface area contributed by atoms with Crippen LogP contribution in [0, 0.1) is 11.6 Å². The van der Waals surface area contributed by atoms with Crippen molar-refractivity contribution in [1.29, 1.82) is 0 Å². The molecule has 166 valence electrons. The molecule has 1 aliphatic heterocycles. The summed E-state index contributed by atoms with van der Waals surface area (Å²) in [4.78, 5) is 12.6. The summed E-state index contributed by atoms with van der Waals surface area (Å²) >= 11 is 0. The molecule has 0 aromatic heterocycles. The number of hydrogen-bond donors (Lipinski definition) is 2. The summed E-state index contributed by atoms with van der Waals surface area (Å²) in [5.41, 5.74) is 1.83. The van der Waals surface area contributed by atoms with E-state index in [1.165, 1.54) is 6.07 Å². The number of urea groups is 1. The van der Waals surface area contributed by atoms with E-state index in [1.807, 2.05) is 42.5 Å². The number of hydrogen-bond acceptors (Lipinski definition) is 4. The van der Waals surface area contributed by atoms with Gasteiger partial charge in [-0.25, -0.2) is 13.6 Å². The second-order valence-electron chi connectivity index (χ2n) is 7.36. The smallest absolute Gasteiger partial charge is 0.319 e. The number of carbonyl (C=O) groups is 1. The van der Waals surface area contributed by atoms with Crippen LogP contribution in [0.25, 0.3) is 0 Å². The lowest BCUT2D eigenvalue weighted by Gasteiger charge is -2.20. The second-order valence-corrected chi connectivity index (χ2v) is 7.36. The van der Waals surface area contributed by atoms with E-state index in [2.05, 4.69) is 10.6 Å². The Morgan fingerprint density at radius 1 is 0.969 bits per heavy atom. The lowest BCUT2D eigenvalue weighted by molar-refractivity contribution is 0.174. The maximum absolute atomic E-state index is 13.9. The molecule has 1 unspecified atom stereocenters. The molecule has 1 heterocycles. The average Bonchev–Trinajstić information content (AvgIpc) is 3.24. The number of ether oxygens (including phenoxy) is 3. The number of benzene rings is 3. The van der Waals surface area contributed by atoms with Crippen LogP contribution < -0.4 is 24.8 Å². The fraction of sp³-hybridized carbons (Fsp3) is 0.208. The van der Waals surface area contributed by atoms with Crippen molar-refractivity contribution in [3.05, 3.63) is 83.4 Å². The number of methoxy groups -OCH3 is 1. The van der Waals surface area contributed by atoms with Crippen molar-refractivity contribution in [2.45, 2.75) is 18.9 Å². The Kier molecular flexibility index (Phi) is 6.39. The Morgan fingerprint density at radius 3 is 2.44 bits per heavy atom. The molecule has 32 heavy (non-hydrogen) atoms. The molecule has 0 spiro atoms. The molecule has 1 atom stereocenters. The van der Waals surface area contributed by atoms with Gasteiger partial charge in [0.1, 0.15) is 17.4 Å². The quantitative estimate of drug-likeness (QED) is 0.560. The highest BCUT2D eigenvalue weighted by molar-refractivity contribution is 5.89. The largest absolute Gasteiger partial charge is 0.497 e. The molecule has 2 N–H and O–H groups in total. The van der Waals surface area contributed by atoms with E-state index in [9.17, 15) is 13.6 Å². The molecular formula is C24H22F2N2O4. The SMILES string of the molecule is COc1ccc(CC(Cc2ccc3c(c2)OCO3)NC(=O)Nc2ccc(F)cc2F)cc1. The van der Waals surface area contributed by atoms with E-state index >= 15 is 0 Å². The molecule has 8 heteroatoms. The Hall–Kier alpha value is -3.81. The normalized spacial score (nSPS) is 12.8. The van der Waals surface area contributed by atoms with Crippen molar-refractivity contribution in [3.8, 4) is 17.2 Å². The van der Waals surface area contributed by atoms with Crippen molar-refractivity contribution in [3.63, 3.8) is 0 Å². The summed E-state index contributed by atoms with van der Waals surface area (Å²) in [6.45, 7) is 0.179. The number of halogens is 2. The molecule has 2 amide bonds. The molecule has 0 saturated heterocycles. The number of rotatable bonds is 7. The summed E-state index contributed by atoms with van der Waals surface area (Å²) in [5.74, 6) is 0.510. The van der Waals surface area contributed by atoms with E-state index in [-0.39, 0.29) is 18.5 Å². The zero-order chi connectivity index (χ0) is 22.5. The first-order chi connectivity index (χ1) is 15.5. The highest BCUT2D eigenvalue weighted by Gasteiger charge is 2.18. The fourth-order valence-electron chi connectivity index (χ4n) is 3.51. The third kappa shape index (κ3) is 5.26. The molecule has 0 radical (unpaired) electrons. The standard InChI is InChI=1S/C24H22F2N2O4/c1-30-19-6-2-15(3-7-19)10-18(11-16-4-9-22-23(12-16)32-14-31-22)27-24(29)28-21-8-5-17(25)13-20(21)26/h2-9,12-13,18H,10-11,14H2,1H3,(H2,27,28,29). The van der Waals surface area contributed by atoms with Crippen LogP contribution >= 0.6 is 0 Å². The number of nitrogens with one attached hydrogen (secondary N) is 2. The zero-order valence-corrected chi connectivity index (χ0v) is 17.4. The summed E-state index contributed by atoms with van der Waals surface area (Å²) in [5, 5.41) is 5.33. The molecular weight excluding hydrogens is 418 g/mol. The molecule has 4 rings (SSSR count). The molecule has 3 aromatic rings. The van der Waals surface area contributed by atoms with Crippen molar-refractivity contribution in [2.24, 2.45) is 0 Å². The summed E-state index contributed by atoms with van der Waals surface area (Å²) in [7, 11) is 1.60. The predicted molar refractivity (Wildman–Crippen MR) is 115 cm³/mol. The van der Waals surface area contributed by atoms with Crippen LogP contribution in [0.15, 0.2) is 60.7 Å². The summed E-state index contributed by atoms with van der Waals surface area (Å²) < 4.78 is 43.0. The third-order valence-corrected chi connectivity index (χ3v) is 5.07. The van der Waals surface area contributed by atoms with Gasteiger partial charge in [-0.05, 0) is 60.4 Å². The fourth-order valence-corrected chi connectivity index (χ4v) is 3.51. The van der Waals surface area contributed by atoms with E-state index < -0.39 is 17.7 Å². The van der Waals surface area contributed by atoms with Crippen molar-refractivity contribution < 1.29 is 27.8 Å². The highest BCUT2D eigenvalue weighted by Crippen LogP contribution is 2.33. The monoisotopic (exact) mass is 440 g/mol. The van der Waals surface area contributed by atoms with Crippen LogP contribution in [-0.2, 0) is 12.8 Å². The molecule has 1 aliphatic rings. The number of carbonyl (C=O) groups excluding carboxylic acids is 1. The lowest BCUT2D eigenvalue weighted by atomic mass is 9.98. The number of anilines is 1. The van der Waals surface area contributed by atoms with E-state index in [0.29, 0.717) is 24.3 Å². The topological polar surface area (TPSA) is 68.8 Å². The first-order valence-corrected chi connectivity index (χ1v) is 10.0. The molecule has 0 fully saturated rings. The van der Waals surface area contributed by atoms with Gasteiger partial charge in [-0.3, -0.25) is 0 Å². The lowest BCUT2D eigenvalue weighted by Crippen LogP contribution is -2.40. The molecule has 3 aromatic carbocycles. The van der Waals surface area contributed by atoms with E-state index in [1.54, 1.807) is 7.11 Å². The Labute approximate surface area is 184 Å². The van der Waals surface area contributed by atoms with Crippen molar-refractivity contribution in [1.82, 2.24) is 5.32 Å². The molecule has 0 saturated carbocycles. The van der Waals surface area contributed by atoms with Gasteiger partial charge in [-0.15, -0.1) is 0 Å². The summed E-state index contributed by atoms with van der Waals surface area (Å²) in [6, 6.07) is 15.2. The van der Waals surface area contributed by atoms with Gasteiger partial charge in [0.15, 0.2) is 11.5 Å². The Morgan fingerprint density at radius 2 is 1.69 bits per heavy atom. The second kappa shape index (κ2) is 9.55. The van der Waals surface area contributed by atoms with Crippen LogP contribution in [0.3, 0.4) is 0 Å². The van der Waals surface area contributed by atoms with Gasteiger partial charge >= 0.3 is 6.03 Å². The van der Waals surface area contributed by atoms with Gasteiger partial charge in [0.05, 0.1) is 12.8 Å². The van der Waals surface area contributed by atoms with Crippen molar-refractivity contribution in [2.75, 3.05) is 19.2 Å². The van der Waals surface area contributed by atoms with E-state index in [4.69, 9.17) is 14.2 Å². The first kappa shape index (κ1) is 21.4. The van der Waals surface area contributed by atoms with Crippen LogP contribution in [0.5, 0.6) is 17.2 Å². The molecule has 0 aliphatic carbocycles. The number of fused-ring (bicyclic) bond motifs is 1. The van der Waals surface area contributed by atoms with Gasteiger partial charge in [-0.2, -0.15) is 0 Å². The molecule has 0 bridgehead atoms. The highest BCUT2D eigenvalue weighted by atomic mass is 19.1. The van der Waals surface area contributed by atoms with Crippen LogP contribution in [0.2, 0.25) is 0 Å². The van der Waals surface area contributed by atoms with Gasteiger partial charge in [-0.1, -0.05) is 18.2 Å². The maximum Gasteiger partial charge on any atom is 0.319 e. The first-order valence-electron chi connectivity index (χ1n) is 10.0. The van der Waals surface area contributed by atoms with Gasteiger partial charge in [0.2, 0.25) is 6.79 Å². The predicted octanol–water partition coefficient (Wildman–Crippen LogP) is 4.68. The van der Waals surface area contributed by atoms with Gasteiger partial charge in [0, 0.05) is 12.1 Å². The van der Waals surface area contributed by atoms with Gasteiger partial charge in [0.25, 0.3) is 0 Å². The van der Waals surface area contributed by atoms with Crippen LogP contribution in [0.1, 0.15) is 11.1 Å². The summed E-state index contributed by atoms with van der Waals surface area (Å²) in [6.07, 6.45) is 1.03. The third-order valence-electron chi connectivity index (χ3n) is 5.07. The van der Waals surface area contributed by atoms with E-state index in [0.717, 1.165) is 29.0 Å². The van der Waals surface area contributed by atoms with Crippen LogP contribution in [0.4, 0.5) is 19.3 Å². The van der Waals surface area contributed by atoms with Crippen molar-refractivity contribution >= 4 is 11.7 Å².